The third-order valence-corrected chi connectivity index (χ3v) is 4.10. The smallest absolute Gasteiger partial charge is 0.238 e. The van der Waals surface area contributed by atoms with Crippen LogP contribution < -0.4 is 11.3 Å². The standard InChI is InChI=1S/C16H25N3O2/c17-18-16(21)10-13-3-5-15(6-4-13)12-19-8-1-2-14(11-19)7-9-20/h3-6,14,20H,1-2,7-12,17H2,(H,18,21). The molecule has 4 N–H and O–H groups in total. The number of likely N-dealkylation sites (tertiary alicyclic amines) is 1. The molecule has 0 radical (unpaired) electrons. The Morgan fingerprint density at radius 3 is 2.71 bits per heavy atom. The van der Waals surface area contributed by atoms with Crippen molar-refractivity contribution in [3.63, 3.8) is 0 Å². The van der Waals surface area contributed by atoms with Crippen molar-refractivity contribution in [2.75, 3.05) is 19.7 Å². The molecule has 1 saturated heterocycles. The number of amides is 1. The lowest BCUT2D eigenvalue weighted by molar-refractivity contribution is -0.120. The van der Waals surface area contributed by atoms with Crippen LogP contribution in [0.4, 0.5) is 0 Å². The summed E-state index contributed by atoms with van der Waals surface area (Å²) in [5.74, 6) is 5.53. The molecule has 1 aliphatic heterocycles. The van der Waals surface area contributed by atoms with Crippen molar-refractivity contribution in [2.24, 2.45) is 11.8 Å². The molecule has 2 rings (SSSR count). The van der Waals surface area contributed by atoms with Crippen LogP contribution >= 0.6 is 0 Å². The Morgan fingerprint density at radius 2 is 2.05 bits per heavy atom. The number of nitrogens with one attached hydrogen (secondary N) is 1. The van der Waals surface area contributed by atoms with E-state index in [1.807, 2.05) is 12.1 Å². The lowest BCUT2D eigenvalue weighted by Gasteiger charge is -2.32. The molecule has 21 heavy (non-hydrogen) atoms. The lowest BCUT2D eigenvalue weighted by Crippen LogP contribution is -2.35. The van der Waals surface area contributed by atoms with Gasteiger partial charge in [0, 0.05) is 19.7 Å². The second-order valence-corrected chi connectivity index (χ2v) is 5.82. The largest absolute Gasteiger partial charge is 0.396 e. The first kappa shape index (κ1) is 15.9. The van der Waals surface area contributed by atoms with Crippen molar-refractivity contribution < 1.29 is 9.90 Å². The minimum Gasteiger partial charge on any atom is -0.396 e. The number of carbonyl (C=O) groups excluding carboxylic acids is 1. The molecule has 5 heteroatoms. The van der Waals surface area contributed by atoms with Gasteiger partial charge in [0.15, 0.2) is 0 Å². The quantitative estimate of drug-likeness (QED) is 0.412. The highest BCUT2D eigenvalue weighted by Gasteiger charge is 2.19. The molecule has 1 fully saturated rings. The van der Waals surface area contributed by atoms with Gasteiger partial charge >= 0.3 is 0 Å². The van der Waals surface area contributed by atoms with E-state index < -0.39 is 0 Å². The second kappa shape index (κ2) is 8.12. The maximum absolute atomic E-state index is 11.2. The summed E-state index contributed by atoms with van der Waals surface area (Å²) in [6, 6.07) is 8.13. The first-order valence-electron chi connectivity index (χ1n) is 7.61. The van der Waals surface area contributed by atoms with Crippen molar-refractivity contribution in [2.45, 2.75) is 32.2 Å². The first-order valence-corrected chi connectivity index (χ1v) is 7.61. The number of aliphatic hydroxyl groups excluding tert-OH is 1. The van der Waals surface area contributed by atoms with Gasteiger partial charge in [-0.2, -0.15) is 0 Å². The monoisotopic (exact) mass is 291 g/mol. The molecular formula is C16H25N3O2. The van der Waals surface area contributed by atoms with Crippen molar-refractivity contribution in [1.29, 1.82) is 0 Å². The fourth-order valence-corrected chi connectivity index (χ4v) is 2.97. The molecule has 1 aromatic rings. The third-order valence-electron chi connectivity index (χ3n) is 4.10. The van der Waals surface area contributed by atoms with E-state index in [0.29, 0.717) is 12.3 Å². The summed E-state index contributed by atoms with van der Waals surface area (Å²) in [6.07, 6.45) is 3.66. The highest BCUT2D eigenvalue weighted by Crippen LogP contribution is 2.21. The highest BCUT2D eigenvalue weighted by atomic mass is 16.3. The Morgan fingerprint density at radius 1 is 1.33 bits per heavy atom. The Kier molecular flexibility index (Phi) is 6.17. The number of benzene rings is 1. The van der Waals surface area contributed by atoms with Gasteiger partial charge in [0.05, 0.1) is 6.42 Å². The molecule has 0 saturated carbocycles. The van der Waals surface area contributed by atoms with Crippen LogP contribution in [-0.2, 0) is 17.8 Å². The average molecular weight is 291 g/mol. The number of hydrogen-bond donors (Lipinski definition) is 3. The van der Waals surface area contributed by atoms with Gasteiger partial charge in [0.1, 0.15) is 0 Å². The molecule has 1 heterocycles. The van der Waals surface area contributed by atoms with Gasteiger partial charge in [0.25, 0.3) is 0 Å². The maximum atomic E-state index is 11.2. The van der Waals surface area contributed by atoms with Gasteiger partial charge < -0.3 is 5.11 Å². The number of nitrogens with zero attached hydrogens (tertiary/aromatic N) is 1. The Hall–Kier alpha value is -1.43. The zero-order valence-corrected chi connectivity index (χ0v) is 12.4. The Balaban J connectivity index is 1.86. The van der Waals surface area contributed by atoms with E-state index >= 15 is 0 Å². The highest BCUT2D eigenvalue weighted by molar-refractivity contribution is 5.77. The second-order valence-electron chi connectivity index (χ2n) is 5.82. The van der Waals surface area contributed by atoms with Crippen LogP contribution in [-0.4, -0.2) is 35.6 Å². The molecule has 0 spiro atoms. The molecular weight excluding hydrogens is 266 g/mol. The average Bonchev–Trinajstić information content (AvgIpc) is 2.50. The van der Waals surface area contributed by atoms with E-state index in [2.05, 4.69) is 22.5 Å². The minimum absolute atomic E-state index is 0.175. The first-order chi connectivity index (χ1) is 10.2. The van der Waals surface area contributed by atoms with E-state index in [0.717, 1.165) is 31.6 Å². The van der Waals surface area contributed by atoms with E-state index in [-0.39, 0.29) is 12.5 Å². The summed E-state index contributed by atoms with van der Waals surface area (Å²) in [5, 5.41) is 9.06. The molecule has 5 nitrogen and oxygen atoms in total. The van der Waals surface area contributed by atoms with E-state index in [4.69, 9.17) is 10.9 Å². The molecule has 1 atom stereocenters. The van der Waals surface area contributed by atoms with Crippen LogP contribution in [0.1, 0.15) is 30.4 Å². The van der Waals surface area contributed by atoms with E-state index in [1.165, 1.54) is 18.4 Å². The molecule has 0 aromatic heterocycles. The molecule has 1 aliphatic rings. The molecule has 1 amide bonds. The molecule has 0 aliphatic carbocycles. The molecule has 1 aromatic carbocycles. The number of piperidine rings is 1. The van der Waals surface area contributed by atoms with Crippen LogP contribution in [0.5, 0.6) is 0 Å². The molecule has 0 bridgehead atoms. The van der Waals surface area contributed by atoms with Crippen LogP contribution in [0.3, 0.4) is 0 Å². The van der Waals surface area contributed by atoms with Crippen molar-refractivity contribution in [1.82, 2.24) is 10.3 Å². The summed E-state index contributed by atoms with van der Waals surface area (Å²) in [7, 11) is 0. The maximum Gasteiger partial charge on any atom is 0.238 e. The predicted molar refractivity (Wildman–Crippen MR) is 82.2 cm³/mol. The van der Waals surface area contributed by atoms with Gasteiger partial charge in [-0.05, 0) is 42.9 Å². The van der Waals surface area contributed by atoms with Crippen LogP contribution in [0.2, 0.25) is 0 Å². The van der Waals surface area contributed by atoms with Gasteiger partial charge in [-0.3, -0.25) is 15.1 Å². The summed E-state index contributed by atoms with van der Waals surface area (Å²) in [4.78, 5) is 13.7. The SMILES string of the molecule is NNC(=O)Cc1ccc(CN2CCCC(CCO)C2)cc1. The summed E-state index contributed by atoms with van der Waals surface area (Å²) < 4.78 is 0. The number of rotatable bonds is 6. The fourth-order valence-electron chi connectivity index (χ4n) is 2.97. The topological polar surface area (TPSA) is 78.6 Å². The normalized spacial score (nSPS) is 19.4. The predicted octanol–water partition coefficient (Wildman–Crippen LogP) is 0.813. The number of hydrogen-bond acceptors (Lipinski definition) is 4. The molecule has 1 unspecified atom stereocenters. The van der Waals surface area contributed by atoms with Crippen LogP contribution in [0.15, 0.2) is 24.3 Å². The Bertz CT molecular complexity index is 445. The van der Waals surface area contributed by atoms with E-state index in [1.54, 1.807) is 0 Å². The summed E-state index contributed by atoms with van der Waals surface area (Å²) in [6.45, 7) is 3.42. The van der Waals surface area contributed by atoms with Crippen molar-refractivity contribution in [3.05, 3.63) is 35.4 Å². The summed E-state index contributed by atoms with van der Waals surface area (Å²) in [5.41, 5.74) is 4.37. The van der Waals surface area contributed by atoms with Gasteiger partial charge in [0.2, 0.25) is 5.91 Å². The van der Waals surface area contributed by atoms with Crippen LogP contribution in [0.25, 0.3) is 0 Å². The zero-order chi connectivity index (χ0) is 15.1. The third kappa shape index (κ3) is 5.12. The van der Waals surface area contributed by atoms with Gasteiger partial charge in [-0.1, -0.05) is 24.3 Å². The summed E-state index contributed by atoms with van der Waals surface area (Å²) >= 11 is 0. The lowest BCUT2D eigenvalue weighted by atomic mass is 9.95. The number of carbonyl (C=O) groups is 1. The molecule has 116 valence electrons. The Labute approximate surface area is 126 Å². The van der Waals surface area contributed by atoms with E-state index in [9.17, 15) is 4.79 Å². The van der Waals surface area contributed by atoms with Crippen molar-refractivity contribution in [3.8, 4) is 0 Å². The fraction of sp³-hybridized carbons (Fsp3) is 0.562. The van der Waals surface area contributed by atoms with Crippen LogP contribution in [0, 0.1) is 5.92 Å². The van der Waals surface area contributed by atoms with Gasteiger partial charge in [-0.25, -0.2) is 5.84 Å². The minimum atomic E-state index is -0.175. The zero-order valence-electron chi connectivity index (χ0n) is 12.4. The van der Waals surface area contributed by atoms with Crippen molar-refractivity contribution >= 4 is 5.91 Å². The number of hydrazine groups is 1. The van der Waals surface area contributed by atoms with Gasteiger partial charge in [-0.15, -0.1) is 0 Å². The number of nitrogens with two attached hydrogens (primary N) is 1. The number of aliphatic hydroxyl groups is 1.